The second-order valence-electron chi connectivity index (χ2n) is 4.04. The third-order valence-corrected chi connectivity index (χ3v) is 5.74. The lowest BCUT2D eigenvalue weighted by atomic mass is 10.2. The molecule has 2 rings (SSSR count). The van der Waals surface area contributed by atoms with E-state index >= 15 is 0 Å². The molecule has 0 N–H and O–H groups in total. The van der Waals surface area contributed by atoms with Crippen molar-refractivity contribution in [3.8, 4) is 0 Å². The molecule has 1 unspecified atom stereocenters. The van der Waals surface area contributed by atoms with Gasteiger partial charge in [0.15, 0.2) is 5.78 Å². The summed E-state index contributed by atoms with van der Waals surface area (Å²) in [5.41, 5.74) is -0.877. The van der Waals surface area contributed by atoms with Crippen LogP contribution in [-0.2, 0) is 17.0 Å². The Balaban J connectivity index is 2.18. The second-order valence-corrected chi connectivity index (χ2v) is 7.26. The Morgan fingerprint density at radius 3 is 2.57 bits per heavy atom. The van der Waals surface area contributed by atoms with Crippen LogP contribution < -0.4 is 0 Å². The van der Waals surface area contributed by atoms with Crippen LogP contribution in [0.25, 0.3) is 0 Å². The average Bonchev–Trinajstić information content (AvgIpc) is 2.84. The van der Waals surface area contributed by atoms with Crippen molar-refractivity contribution in [1.29, 1.82) is 0 Å². The van der Waals surface area contributed by atoms with Gasteiger partial charge in [-0.05, 0) is 45.6 Å². The SMILES string of the molecule is O=C(CS(=O)c1cccc(C(F)(F)F)c1)c1sccc1Br. The maximum Gasteiger partial charge on any atom is 0.416 e. The molecule has 2 aromatic rings. The normalized spacial score (nSPS) is 13.1. The van der Waals surface area contributed by atoms with Crippen LogP contribution >= 0.6 is 27.3 Å². The predicted molar refractivity (Wildman–Crippen MR) is 79.1 cm³/mol. The fourth-order valence-corrected chi connectivity index (χ4v) is 4.24. The van der Waals surface area contributed by atoms with Crippen LogP contribution in [0.15, 0.2) is 45.1 Å². The van der Waals surface area contributed by atoms with Crippen LogP contribution in [-0.4, -0.2) is 15.7 Å². The molecule has 1 atom stereocenters. The summed E-state index contributed by atoms with van der Waals surface area (Å²) >= 11 is 4.38. The van der Waals surface area contributed by atoms with Gasteiger partial charge in [-0.25, -0.2) is 0 Å². The molecular formula is C13H8BrF3O2S2. The van der Waals surface area contributed by atoms with E-state index in [0.29, 0.717) is 9.35 Å². The zero-order valence-electron chi connectivity index (χ0n) is 10.3. The quantitative estimate of drug-likeness (QED) is 0.711. The number of ketones is 1. The van der Waals surface area contributed by atoms with Gasteiger partial charge in [0.25, 0.3) is 0 Å². The third kappa shape index (κ3) is 4.02. The lowest BCUT2D eigenvalue weighted by Crippen LogP contribution is -2.11. The molecule has 1 aromatic heterocycles. The van der Waals surface area contributed by atoms with Gasteiger partial charge in [0.1, 0.15) is 0 Å². The van der Waals surface area contributed by atoms with Crippen molar-refractivity contribution in [2.45, 2.75) is 11.1 Å². The van der Waals surface area contributed by atoms with E-state index in [1.54, 1.807) is 11.4 Å². The zero-order chi connectivity index (χ0) is 15.6. The molecule has 0 saturated carbocycles. The van der Waals surface area contributed by atoms with E-state index in [4.69, 9.17) is 0 Å². The summed E-state index contributed by atoms with van der Waals surface area (Å²) < 4.78 is 50.4. The lowest BCUT2D eigenvalue weighted by molar-refractivity contribution is -0.137. The van der Waals surface area contributed by atoms with Crippen LogP contribution in [0, 0.1) is 0 Å². The summed E-state index contributed by atoms with van der Waals surface area (Å²) in [6.07, 6.45) is -4.50. The summed E-state index contributed by atoms with van der Waals surface area (Å²) in [4.78, 5) is 12.4. The molecule has 2 nitrogen and oxygen atoms in total. The van der Waals surface area contributed by atoms with Crippen molar-refractivity contribution in [3.63, 3.8) is 0 Å². The summed E-state index contributed by atoms with van der Waals surface area (Å²) in [6, 6.07) is 5.90. The summed E-state index contributed by atoms with van der Waals surface area (Å²) in [7, 11) is -1.82. The highest BCUT2D eigenvalue weighted by Gasteiger charge is 2.31. The van der Waals surface area contributed by atoms with Crippen LogP contribution in [0.1, 0.15) is 15.2 Å². The molecule has 0 aliphatic rings. The summed E-state index contributed by atoms with van der Waals surface area (Å²) in [6.45, 7) is 0. The second kappa shape index (κ2) is 6.41. The Bertz CT molecular complexity index is 695. The van der Waals surface area contributed by atoms with Gasteiger partial charge in [0.05, 0.1) is 27.0 Å². The van der Waals surface area contributed by atoms with E-state index in [2.05, 4.69) is 15.9 Å². The van der Waals surface area contributed by atoms with Crippen LogP contribution in [0.5, 0.6) is 0 Å². The minimum Gasteiger partial charge on any atom is -0.292 e. The number of thiophene rings is 1. The molecule has 0 aliphatic carbocycles. The monoisotopic (exact) mass is 396 g/mol. The van der Waals surface area contributed by atoms with Gasteiger partial charge in [0.2, 0.25) is 0 Å². The minimum absolute atomic E-state index is 0.00847. The first kappa shape index (κ1) is 16.4. The van der Waals surface area contributed by atoms with Crippen LogP contribution in [0.2, 0.25) is 0 Å². The summed E-state index contributed by atoms with van der Waals surface area (Å²) in [5, 5.41) is 1.70. The van der Waals surface area contributed by atoms with Crippen molar-refractivity contribution < 1.29 is 22.2 Å². The van der Waals surface area contributed by atoms with E-state index in [-0.39, 0.29) is 16.4 Å². The number of hydrogen-bond acceptors (Lipinski definition) is 3. The maximum absolute atomic E-state index is 12.6. The fraction of sp³-hybridized carbons (Fsp3) is 0.154. The van der Waals surface area contributed by atoms with E-state index < -0.39 is 22.5 Å². The highest BCUT2D eigenvalue weighted by Crippen LogP contribution is 2.30. The van der Waals surface area contributed by atoms with Gasteiger partial charge >= 0.3 is 6.18 Å². The first-order valence-electron chi connectivity index (χ1n) is 5.61. The topological polar surface area (TPSA) is 34.1 Å². The highest BCUT2D eigenvalue weighted by atomic mass is 79.9. The molecule has 0 saturated heterocycles. The van der Waals surface area contributed by atoms with Crippen LogP contribution in [0.4, 0.5) is 13.2 Å². The van der Waals surface area contributed by atoms with E-state index in [0.717, 1.165) is 12.1 Å². The van der Waals surface area contributed by atoms with E-state index in [1.165, 1.54) is 23.5 Å². The zero-order valence-corrected chi connectivity index (χ0v) is 13.5. The minimum atomic E-state index is -4.50. The molecule has 8 heteroatoms. The van der Waals surface area contributed by atoms with Crippen LogP contribution in [0.3, 0.4) is 0 Å². The average molecular weight is 397 g/mol. The van der Waals surface area contributed by atoms with E-state index in [9.17, 15) is 22.2 Å². The fourth-order valence-electron chi connectivity index (χ4n) is 1.57. The number of benzene rings is 1. The molecule has 0 amide bonds. The predicted octanol–water partition coefficient (Wildman–Crippen LogP) is 4.52. The number of rotatable bonds is 4. The first-order chi connectivity index (χ1) is 9.79. The van der Waals surface area contributed by atoms with Gasteiger partial charge in [-0.2, -0.15) is 13.2 Å². The molecule has 0 bridgehead atoms. The Labute approximate surface area is 133 Å². The highest BCUT2D eigenvalue weighted by molar-refractivity contribution is 9.10. The number of carbonyl (C=O) groups is 1. The van der Waals surface area contributed by atoms with Gasteiger partial charge in [-0.15, -0.1) is 11.3 Å². The first-order valence-corrected chi connectivity index (χ1v) is 8.60. The summed E-state index contributed by atoms with van der Waals surface area (Å²) in [5.74, 6) is -0.715. The molecule has 0 radical (unpaired) electrons. The Hall–Kier alpha value is -0.990. The van der Waals surface area contributed by atoms with Crippen molar-refractivity contribution >= 4 is 43.8 Å². The molecule has 112 valence electrons. The number of alkyl halides is 3. The van der Waals surface area contributed by atoms with Gasteiger partial charge in [-0.3, -0.25) is 9.00 Å². The molecule has 1 aromatic carbocycles. The number of hydrogen-bond donors (Lipinski definition) is 0. The molecule has 1 heterocycles. The molecule has 0 aliphatic heterocycles. The molecular weight excluding hydrogens is 389 g/mol. The molecule has 0 fully saturated rings. The van der Waals surface area contributed by atoms with Crippen molar-refractivity contribution in [1.82, 2.24) is 0 Å². The largest absolute Gasteiger partial charge is 0.416 e. The van der Waals surface area contributed by atoms with Crippen molar-refractivity contribution in [2.75, 3.05) is 5.75 Å². The smallest absolute Gasteiger partial charge is 0.292 e. The van der Waals surface area contributed by atoms with Gasteiger partial charge in [-0.1, -0.05) is 6.07 Å². The Morgan fingerprint density at radius 2 is 2.00 bits per heavy atom. The lowest BCUT2D eigenvalue weighted by Gasteiger charge is -2.08. The maximum atomic E-state index is 12.6. The molecule has 21 heavy (non-hydrogen) atoms. The number of halogens is 4. The van der Waals surface area contributed by atoms with Gasteiger partial charge < -0.3 is 0 Å². The Kier molecular flexibility index (Phi) is 5.00. The molecule has 0 spiro atoms. The van der Waals surface area contributed by atoms with Gasteiger partial charge in [0, 0.05) is 9.37 Å². The third-order valence-electron chi connectivity index (χ3n) is 2.56. The standard InChI is InChI=1S/C13H8BrF3O2S2/c14-10-4-5-20-12(10)11(18)7-21(19)9-3-1-2-8(6-9)13(15,16)17/h1-6H,7H2. The van der Waals surface area contributed by atoms with E-state index in [1.807, 2.05) is 0 Å². The number of carbonyl (C=O) groups excluding carboxylic acids is 1. The van der Waals surface area contributed by atoms with Crippen molar-refractivity contribution in [3.05, 3.63) is 50.6 Å². The number of Topliss-reactive ketones (excluding diaryl/α,β-unsaturated/α-hetero) is 1. The Morgan fingerprint density at radius 1 is 1.29 bits per heavy atom. The van der Waals surface area contributed by atoms with Crippen molar-refractivity contribution in [2.24, 2.45) is 0 Å².